The molecule has 0 aliphatic rings. The Kier molecular flexibility index (Phi) is 9.89. The molecule has 1 aromatic heterocycles. The number of rotatable bonds is 11. The van der Waals surface area contributed by atoms with E-state index in [-0.39, 0.29) is 5.91 Å². The van der Waals surface area contributed by atoms with Crippen LogP contribution < -0.4 is 10.7 Å². The second-order valence-electron chi connectivity index (χ2n) is 7.39. The van der Waals surface area contributed by atoms with Gasteiger partial charge in [-0.15, -0.1) is 16.8 Å². The molecule has 0 radical (unpaired) electrons. The second-order valence-corrected chi connectivity index (χ2v) is 9.95. The van der Waals surface area contributed by atoms with Crippen molar-refractivity contribution in [2.75, 3.05) is 5.32 Å². The standard InChI is InChI=1S/C25H27IN6OS/c1-4-16-32-23(17-27-22-14-12-21(26)13-15-22)29-31-25(32)34-19(3)24(33)30-28-18(2)10-11-20-8-6-5-7-9-20/h4-15,19,27H,1,16-17H2,2-3H3,(H,30,33)/b11-10+,28-18?. The SMILES string of the molecule is C=CCn1c(CNc2ccc(I)cc2)nnc1SC(C)C(=O)NN=C(C)/C=C/c1ccccc1. The van der Waals surface area contributed by atoms with Gasteiger partial charge in [-0.3, -0.25) is 4.79 Å². The number of nitrogens with one attached hydrogen (secondary N) is 2. The first kappa shape index (κ1) is 25.7. The van der Waals surface area contributed by atoms with Crippen molar-refractivity contribution in [2.45, 2.75) is 37.3 Å². The van der Waals surface area contributed by atoms with Gasteiger partial charge in [-0.05, 0) is 72.3 Å². The summed E-state index contributed by atoms with van der Waals surface area (Å²) >= 11 is 3.61. The monoisotopic (exact) mass is 586 g/mol. The minimum absolute atomic E-state index is 0.204. The van der Waals surface area contributed by atoms with E-state index in [9.17, 15) is 4.79 Å². The van der Waals surface area contributed by atoms with Gasteiger partial charge in [0.1, 0.15) is 0 Å². The van der Waals surface area contributed by atoms with E-state index in [1.807, 2.05) is 85.2 Å². The first-order valence-corrected chi connectivity index (χ1v) is 12.7. The molecule has 176 valence electrons. The molecule has 2 N–H and O–H groups in total. The number of hydrogen-bond donors (Lipinski definition) is 2. The lowest BCUT2D eigenvalue weighted by molar-refractivity contribution is -0.120. The number of nitrogens with zero attached hydrogens (tertiary/aromatic N) is 4. The number of halogens is 1. The summed E-state index contributed by atoms with van der Waals surface area (Å²) in [6.45, 7) is 8.56. The fraction of sp³-hybridized carbons (Fsp3) is 0.200. The van der Waals surface area contributed by atoms with Crippen molar-refractivity contribution < 1.29 is 4.79 Å². The Morgan fingerprint density at radius 1 is 1.21 bits per heavy atom. The van der Waals surface area contributed by atoms with Gasteiger partial charge in [-0.1, -0.05) is 54.2 Å². The summed E-state index contributed by atoms with van der Waals surface area (Å²) in [6, 6.07) is 18.1. The fourth-order valence-electron chi connectivity index (χ4n) is 2.86. The van der Waals surface area contributed by atoms with Gasteiger partial charge in [0.25, 0.3) is 5.91 Å². The molecule has 1 heterocycles. The van der Waals surface area contributed by atoms with Gasteiger partial charge in [0.15, 0.2) is 11.0 Å². The Morgan fingerprint density at radius 3 is 2.65 bits per heavy atom. The topological polar surface area (TPSA) is 84.2 Å². The summed E-state index contributed by atoms with van der Waals surface area (Å²) in [7, 11) is 0. The Bertz CT molecular complexity index is 1160. The van der Waals surface area contributed by atoms with Crippen LogP contribution in [0.3, 0.4) is 0 Å². The Balaban J connectivity index is 1.58. The van der Waals surface area contributed by atoms with Crippen LogP contribution in [0.4, 0.5) is 5.69 Å². The highest BCUT2D eigenvalue weighted by molar-refractivity contribution is 14.1. The van der Waals surface area contributed by atoms with E-state index in [4.69, 9.17) is 0 Å². The molecule has 0 fully saturated rings. The molecule has 2 aromatic carbocycles. The Labute approximate surface area is 218 Å². The molecule has 34 heavy (non-hydrogen) atoms. The predicted molar refractivity (Wildman–Crippen MR) is 149 cm³/mol. The average molecular weight is 587 g/mol. The van der Waals surface area contributed by atoms with Crippen LogP contribution in [-0.2, 0) is 17.9 Å². The molecule has 0 bridgehead atoms. The maximum absolute atomic E-state index is 12.6. The number of aromatic nitrogens is 3. The molecule has 0 aliphatic heterocycles. The highest BCUT2D eigenvalue weighted by Gasteiger charge is 2.19. The van der Waals surface area contributed by atoms with Crippen LogP contribution in [0, 0.1) is 3.57 Å². The van der Waals surface area contributed by atoms with Crippen molar-refractivity contribution in [3.63, 3.8) is 0 Å². The van der Waals surface area contributed by atoms with Gasteiger partial charge in [0.2, 0.25) is 0 Å². The lowest BCUT2D eigenvalue weighted by atomic mass is 10.2. The third-order valence-corrected chi connectivity index (χ3v) is 6.51. The first-order chi connectivity index (χ1) is 16.5. The minimum atomic E-state index is -0.403. The summed E-state index contributed by atoms with van der Waals surface area (Å²) < 4.78 is 3.13. The zero-order valence-electron chi connectivity index (χ0n) is 19.1. The summed E-state index contributed by atoms with van der Waals surface area (Å²) in [5.74, 6) is 0.567. The van der Waals surface area contributed by atoms with Gasteiger partial charge in [0.05, 0.1) is 17.5 Å². The highest BCUT2D eigenvalue weighted by atomic mass is 127. The molecule has 3 rings (SSSR count). The molecule has 3 aromatic rings. The quantitative estimate of drug-likeness (QED) is 0.104. The first-order valence-electron chi connectivity index (χ1n) is 10.7. The van der Waals surface area contributed by atoms with Gasteiger partial charge < -0.3 is 9.88 Å². The molecule has 1 unspecified atom stereocenters. The summed E-state index contributed by atoms with van der Waals surface area (Å²) in [6.07, 6.45) is 5.60. The number of amides is 1. The van der Waals surface area contributed by atoms with Gasteiger partial charge in [-0.25, -0.2) is 5.43 Å². The van der Waals surface area contributed by atoms with Crippen LogP contribution >= 0.6 is 34.4 Å². The van der Waals surface area contributed by atoms with Crippen LogP contribution in [-0.4, -0.2) is 31.6 Å². The average Bonchev–Trinajstić information content (AvgIpc) is 3.22. The van der Waals surface area contributed by atoms with Crippen LogP contribution in [0.1, 0.15) is 25.2 Å². The number of allylic oxidation sites excluding steroid dienone is 2. The van der Waals surface area contributed by atoms with Crippen LogP contribution in [0.15, 0.2) is 83.6 Å². The summed E-state index contributed by atoms with van der Waals surface area (Å²) in [4.78, 5) is 12.6. The largest absolute Gasteiger partial charge is 0.378 e. The molecule has 0 spiro atoms. The van der Waals surface area contributed by atoms with E-state index < -0.39 is 5.25 Å². The molecular formula is C25H27IN6OS. The summed E-state index contributed by atoms with van der Waals surface area (Å²) in [5.41, 5.74) is 5.41. The van der Waals surface area contributed by atoms with Crippen molar-refractivity contribution in [3.8, 4) is 0 Å². The number of anilines is 1. The van der Waals surface area contributed by atoms with Crippen LogP contribution in [0.2, 0.25) is 0 Å². The molecule has 1 amide bonds. The fourth-order valence-corrected chi connectivity index (χ4v) is 4.09. The third-order valence-electron chi connectivity index (χ3n) is 4.71. The predicted octanol–water partition coefficient (Wildman–Crippen LogP) is 5.37. The molecular weight excluding hydrogens is 559 g/mol. The van der Waals surface area contributed by atoms with Crippen molar-refractivity contribution in [1.82, 2.24) is 20.2 Å². The van der Waals surface area contributed by atoms with Crippen molar-refractivity contribution >= 4 is 57.7 Å². The van der Waals surface area contributed by atoms with E-state index in [1.54, 1.807) is 6.08 Å². The van der Waals surface area contributed by atoms with Crippen LogP contribution in [0.25, 0.3) is 6.08 Å². The third kappa shape index (κ3) is 7.84. The second kappa shape index (κ2) is 13.1. The number of carbonyl (C=O) groups is 1. The lowest BCUT2D eigenvalue weighted by Gasteiger charge is -2.12. The molecule has 0 aliphatic carbocycles. The van der Waals surface area contributed by atoms with Gasteiger partial charge in [-0.2, -0.15) is 5.10 Å². The molecule has 9 heteroatoms. The Hall–Kier alpha value is -2.92. The maximum Gasteiger partial charge on any atom is 0.253 e. The van der Waals surface area contributed by atoms with E-state index in [0.29, 0.717) is 24.0 Å². The summed E-state index contributed by atoms with van der Waals surface area (Å²) in [5, 5.41) is 16.4. The van der Waals surface area contributed by atoms with E-state index in [0.717, 1.165) is 17.1 Å². The van der Waals surface area contributed by atoms with Gasteiger partial charge >= 0.3 is 0 Å². The molecule has 0 saturated heterocycles. The number of thioether (sulfide) groups is 1. The smallest absolute Gasteiger partial charge is 0.253 e. The number of hydrazone groups is 1. The maximum atomic E-state index is 12.6. The number of benzene rings is 2. The van der Waals surface area contributed by atoms with Gasteiger partial charge in [0, 0.05) is 15.8 Å². The lowest BCUT2D eigenvalue weighted by Crippen LogP contribution is -2.27. The minimum Gasteiger partial charge on any atom is -0.378 e. The Morgan fingerprint density at radius 2 is 1.94 bits per heavy atom. The van der Waals surface area contributed by atoms with E-state index in [1.165, 1.54) is 15.3 Å². The molecule has 7 nitrogen and oxygen atoms in total. The molecule has 1 atom stereocenters. The number of carbonyl (C=O) groups excluding carboxylic acids is 1. The van der Waals surface area contributed by atoms with Crippen molar-refractivity contribution in [2.24, 2.45) is 5.10 Å². The number of hydrogen-bond acceptors (Lipinski definition) is 6. The van der Waals surface area contributed by atoms with E-state index in [2.05, 4.69) is 55.2 Å². The van der Waals surface area contributed by atoms with E-state index >= 15 is 0 Å². The highest BCUT2D eigenvalue weighted by Crippen LogP contribution is 2.23. The van der Waals surface area contributed by atoms with Crippen molar-refractivity contribution in [1.29, 1.82) is 0 Å². The normalized spacial score (nSPS) is 12.5. The zero-order valence-corrected chi connectivity index (χ0v) is 22.1. The van der Waals surface area contributed by atoms with Crippen molar-refractivity contribution in [3.05, 3.63) is 88.3 Å². The molecule has 0 saturated carbocycles. The zero-order chi connectivity index (χ0) is 24.3. The van der Waals surface area contributed by atoms with Crippen LogP contribution in [0.5, 0.6) is 0 Å².